The Morgan fingerprint density at radius 3 is 2.67 bits per heavy atom. The van der Waals surface area contributed by atoms with Gasteiger partial charge < -0.3 is 19.2 Å². The van der Waals surface area contributed by atoms with Crippen LogP contribution >= 0.6 is 11.3 Å². The van der Waals surface area contributed by atoms with Gasteiger partial charge in [0.05, 0.1) is 24.2 Å². The van der Waals surface area contributed by atoms with Crippen LogP contribution in [0.1, 0.15) is 59.9 Å². The fraction of sp³-hybridized carbons (Fsp3) is 0.409. The number of aromatic amines is 1. The van der Waals surface area contributed by atoms with Gasteiger partial charge in [-0.1, -0.05) is 6.92 Å². The summed E-state index contributed by atoms with van der Waals surface area (Å²) in [5.41, 5.74) is 1.03. The van der Waals surface area contributed by atoms with E-state index in [0.717, 1.165) is 16.9 Å². The fourth-order valence-electron chi connectivity index (χ4n) is 2.98. The summed E-state index contributed by atoms with van der Waals surface area (Å²) in [5.74, 6) is 0.857. The van der Waals surface area contributed by atoms with E-state index >= 15 is 0 Å². The van der Waals surface area contributed by atoms with Crippen LogP contribution in [0, 0.1) is 13.8 Å². The zero-order valence-corrected chi connectivity index (χ0v) is 18.6. The number of aryl methyl sites for hydroxylation is 2. The molecule has 3 aromatic rings. The molecule has 0 aliphatic heterocycles. The van der Waals surface area contributed by atoms with Gasteiger partial charge in [0.1, 0.15) is 4.83 Å². The van der Waals surface area contributed by atoms with E-state index in [9.17, 15) is 9.59 Å². The molecule has 7 nitrogen and oxygen atoms in total. The largest absolute Gasteiger partial charge is 0.490 e. The number of thiophene rings is 1. The summed E-state index contributed by atoms with van der Waals surface area (Å²) in [5, 5.41) is 0.587. The van der Waals surface area contributed by atoms with Crippen LogP contribution < -0.4 is 15.0 Å². The minimum atomic E-state index is -0.719. The number of carbonyl (C=O) groups excluding carboxylic acids is 1. The molecule has 1 aromatic carbocycles. The first kappa shape index (κ1) is 21.8. The molecule has 0 fully saturated rings. The summed E-state index contributed by atoms with van der Waals surface area (Å²) in [6.07, 6.45) is 0.148. The minimum Gasteiger partial charge on any atom is -0.490 e. The zero-order valence-electron chi connectivity index (χ0n) is 17.8. The zero-order chi connectivity index (χ0) is 21.8. The number of esters is 1. The monoisotopic (exact) mass is 430 g/mol. The van der Waals surface area contributed by atoms with Gasteiger partial charge in [-0.15, -0.1) is 11.3 Å². The molecule has 3 rings (SSSR count). The van der Waals surface area contributed by atoms with Crippen molar-refractivity contribution in [2.75, 3.05) is 13.2 Å². The van der Waals surface area contributed by atoms with E-state index in [-0.39, 0.29) is 5.56 Å². The number of benzene rings is 1. The summed E-state index contributed by atoms with van der Waals surface area (Å²) in [7, 11) is 0. The number of aromatic nitrogens is 2. The number of hydrogen-bond donors (Lipinski definition) is 1. The molecule has 30 heavy (non-hydrogen) atoms. The van der Waals surface area contributed by atoms with Crippen molar-refractivity contribution in [3.05, 3.63) is 50.4 Å². The molecule has 0 radical (unpaired) electrons. The Morgan fingerprint density at radius 2 is 1.97 bits per heavy atom. The third-order valence-corrected chi connectivity index (χ3v) is 5.77. The Bertz CT molecular complexity index is 1120. The third kappa shape index (κ3) is 4.48. The van der Waals surface area contributed by atoms with Gasteiger partial charge in [0.15, 0.2) is 23.4 Å². The van der Waals surface area contributed by atoms with Crippen molar-refractivity contribution in [2.24, 2.45) is 0 Å². The quantitative estimate of drug-likeness (QED) is 0.521. The van der Waals surface area contributed by atoms with E-state index in [1.165, 1.54) is 11.3 Å². The lowest BCUT2D eigenvalue weighted by molar-refractivity contribution is 0.0319. The van der Waals surface area contributed by atoms with E-state index in [1.807, 2.05) is 27.7 Å². The molecule has 0 amide bonds. The topological polar surface area (TPSA) is 90.5 Å². The van der Waals surface area contributed by atoms with Crippen molar-refractivity contribution in [1.82, 2.24) is 9.97 Å². The van der Waals surface area contributed by atoms with E-state index in [1.54, 1.807) is 25.1 Å². The van der Waals surface area contributed by atoms with Crippen molar-refractivity contribution in [1.29, 1.82) is 0 Å². The number of rotatable bonds is 8. The smallest absolute Gasteiger partial charge is 0.338 e. The number of hydrogen-bond acceptors (Lipinski definition) is 7. The van der Waals surface area contributed by atoms with Crippen molar-refractivity contribution in [3.8, 4) is 11.5 Å². The highest BCUT2D eigenvalue weighted by molar-refractivity contribution is 7.18. The number of nitrogens with zero attached hydrogens (tertiary/aromatic N) is 1. The first-order valence-corrected chi connectivity index (χ1v) is 10.8. The SMILES string of the molecule is CCCOc1ccc(C(=O)OC(C)c2nc3sc(C)c(C)c3c(=O)[nH]2)cc1OCC. The average molecular weight is 431 g/mol. The fourth-order valence-corrected chi connectivity index (χ4v) is 4.02. The highest BCUT2D eigenvalue weighted by atomic mass is 32.1. The molecular weight excluding hydrogens is 404 g/mol. The van der Waals surface area contributed by atoms with Crippen LogP contribution in [0.5, 0.6) is 11.5 Å². The first-order valence-electron chi connectivity index (χ1n) is 9.96. The number of carbonyl (C=O) groups is 1. The summed E-state index contributed by atoms with van der Waals surface area (Å²) < 4.78 is 16.8. The third-order valence-electron chi connectivity index (χ3n) is 4.67. The van der Waals surface area contributed by atoms with Gasteiger partial charge in [0.25, 0.3) is 5.56 Å². The van der Waals surface area contributed by atoms with Crippen LogP contribution in [-0.2, 0) is 4.74 Å². The molecule has 0 aliphatic rings. The van der Waals surface area contributed by atoms with Gasteiger partial charge in [0, 0.05) is 4.88 Å². The highest BCUT2D eigenvalue weighted by Gasteiger charge is 2.20. The van der Waals surface area contributed by atoms with Gasteiger partial charge in [-0.05, 0) is 57.9 Å². The maximum atomic E-state index is 12.7. The molecule has 160 valence electrons. The predicted molar refractivity (Wildman–Crippen MR) is 117 cm³/mol. The summed E-state index contributed by atoms with van der Waals surface area (Å²) in [6, 6.07) is 4.94. The van der Waals surface area contributed by atoms with Crippen molar-refractivity contribution >= 4 is 27.5 Å². The molecule has 0 saturated heterocycles. The average Bonchev–Trinajstić information content (AvgIpc) is 3.01. The van der Waals surface area contributed by atoms with Crippen LogP contribution in [0.2, 0.25) is 0 Å². The molecule has 0 bridgehead atoms. The van der Waals surface area contributed by atoms with Crippen molar-refractivity contribution in [3.63, 3.8) is 0 Å². The van der Waals surface area contributed by atoms with E-state index in [2.05, 4.69) is 9.97 Å². The molecular formula is C22H26N2O5S. The van der Waals surface area contributed by atoms with Crippen molar-refractivity contribution in [2.45, 2.75) is 47.1 Å². The lowest BCUT2D eigenvalue weighted by Gasteiger charge is -2.15. The van der Waals surface area contributed by atoms with Gasteiger partial charge in [0.2, 0.25) is 0 Å². The highest BCUT2D eigenvalue weighted by Crippen LogP contribution is 2.30. The molecule has 0 saturated carbocycles. The lowest BCUT2D eigenvalue weighted by atomic mass is 10.2. The predicted octanol–water partition coefficient (Wildman–Crippen LogP) is 4.71. The van der Waals surface area contributed by atoms with Crippen LogP contribution in [0.25, 0.3) is 10.2 Å². The number of H-pyrrole nitrogens is 1. The minimum absolute atomic E-state index is 0.226. The summed E-state index contributed by atoms with van der Waals surface area (Å²) >= 11 is 1.45. The number of fused-ring (bicyclic) bond motifs is 1. The Labute approximate surface area is 179 Å². The second kappa shape index (κ2) is 9.30. The summed E-state index contributed by atoms with van der Waals surface area (Å²) in [4.78, 5) is 34.1. The Kier molecular flexibility index (Phi) is 6.77. The Balaban J connectivity index is 1.82. The second-order valence-electron chi connectivity index (χ2n) is 6.91. The maximum absolute atomic E-state index is 12.7. The molecule has 0 spiro atoms. The van der Waals surface area contributed by atoms with Gasteiger partial charge >= 0.3 is 5.97 Å². The molecule has 2 heterocycles. The Morgan fingerprint density at radius 1 is 1.20 bits per heavy atom. The second-order valence-corrected chi connectivity index (χ2v) is 8.11. The van der Waals surface area contributed by atoms with E-state index < -0.39 is 12.1 Å². The molecule has 0 aliphatic carbocycles. The summed E-state index contributed by atoms with van der Waals surface area (Å²) in [6.45, 7) is 10.4. The van der Waals surface area contributed by atoms with Crippen LogP contribution in [0.3, 0.4) is 0 Å². The number of ether oxygens (including phenoxy) is 3. The van der Waals surface area contributed by atoms with Gasteiger partial charge in [-0.25, -0.2) is 9.78 Å². The Hall–Kier alpha value is -2.87. The van der Waals surface area contributed by atoms with Gasteiger partial charge in [-0.2, -0.15) is 0 Å². The van der Waals surface area contributed by atoms with Crippen LogP contribution in [0.4, 0.5) is 0 Å². The molecule has 8 heteroatoms. The maximum Gasteiger partial charge on any atom is 0.338 e. The van der Waals surface area contributed by atoms with E-state index in [0.29, 0.717) is 46.3 Å². The van der Waals surface area contributed by atoms with Crippen LogP contribution in [-0.4, -0.2) is 29.2 Å². The standard InChI is InChI=1S/C22H26N2O5S/c1-6-10-28-16-9-8-15(11-17(16)27-7-2)22(26)29-13(4)19-23-20(25)18-12(3)14(5)30-21(18)24-19/h8-9,11,13H,6-7,10H2,1-5H3,(H,23,24,25). The normalized spacial score (nSPS) is 12.0. The van der Waals surface area contributed by atoms with Crippen LogP contribution in [0.15, 0.2) is 23.0 Å². The molecule has 2 aromatic heterocycles. The molecule has 1 atom stereocenters. The lowest BCUT2D eigenvalue weighted by Crippen LogP contribution is -2.17. The molecule has 1 unspecified atom stereocenters. The van der Waals surface area contributed by atoms with Gasteiger partial charge in [-0.3, -0.25) is 4.79 Å². The molecule has 1 N–H and O–H groups in total. The first-order chi connectivity index (χ1) is 14.3. The van der Waals surface area contributed by atoms with Crippen molar-refractivity contribution < 1.29 is 19.0 Å². The van der Waals surface area contributed by atoms with E-state index in [4.69, 9.17) is 14.2 Å². The number of nitrogens with one attached hydrogen (secondary N) is 1.